The molecule has 2 aromatic heterocycles. The van der Waals surface area contributed by atoms with Crippen LogP contribution in [0.25, 0.3) is 0 Å². The Morgan fingerprint density at radius 2 is 1.14 bits per heavy atom. The van der Waals surface area contributed by atoms with Crippen molar-refractivity contribution in [2.24, 2.45) is 10.2 Å². The number of cyclic esters (lactones) is 2. The van der Waals surface area contributed by atoms with Crippen molar-refractivity contribution < 1.29 is 67.2 Å². The summed E-state index contributed by atoms with van der Waals surface area (Å²) in [5, 5.41) is 18.2. The van der Waals surface area contributed by atoms with Gasteiger partial charge in [-0.15, -0.1) is 0 Å². The zero-order valence-electron chi connectivity index (χ0n) is 34.5. The maximum Gasteiger partial charge on any atom is 0.414 e. The van der Waals surface area contributed by atoms with Gasteiger partial charge in [-0.3, -0.25) is 28.0 Å². The number of carbonyl (C=O) groups excluding carboxylic acids is 3. The van der Waals surface area contributed by atoms with Crippen molar-refractivity contribution in [3.63, 3.8) is 0 Å². The van der Waals surface area contributed by atoms with Gasteiger partial charge in [0.2, 0.25) is 6.41 Å². The molecule has 0 spiro atoms. The van der Waals surface area contributed by atoms with E-state index in [9.17, 15) is 40.4 Å². The number of amides is 3. The van der Waals surface area contributed by atoms with Crippen LogP contribution in [0.1, 0.15) is 24.2 Å². The Balaban J connectivity index is 0.000000185. The first-order chi connectivity index (χ1) is 30.7. The summed E-state index contributed by atoms with van der Waals surface area (Å²) in [6, 6.07) is 7.91. The molecule has 0 aliphatic carbocycles. The molecule has 8 rings (SSSR count). The number of hydrazone groups is 2. The Kier molecular flexibility index (Phi) is 15.4. The van der Waals surface area contributed by atoms with Gasteiger partial charge >= 0.3 is 22.6 Å². The molecule has 0 bridgehead atoms. The standard InChI is InChI=1S/C18H17F2N5O4.C18H19F2N5O3.C2H6O4S/c19-15-7-13(8-16(20)17(15)23-4-5-24(11-26)21-10-23)25-9-14(29-18(25)27)2-1-12-3-6-28-22-12;1-23-5-6-24(11-21-23)17-15(19)8-13(9-16(17)20)25-10-14(28-18(25)26)3-2-12-4-7-27-22-12;1-5-7(3,4)6-2/h3,6-8,10-11,14H,1-2,4-5,9H2;4,7-9,11,14H,2-3,5-6,10H2,1H3;1-2H3/t2*14-;/m00./s1. The van der Waals surface area contributed by atoms with Gasteiger partial charge in [0.25, 0.3) is 0 Å². The summed E-state index contributed by atoms with van der Waals surface area (Å²) in [7, 11) is 0.175. The van der Waals surface area contributed by atoms with Crippen molar-refractivity contribution in [1.82, 2.24) is 20.3 Å². The van der Waals surface area contributed by atoms with E-state index in [-0.39, 0.29) is 55.0 Å². The third-order valence-electron chi connectivity index (χ3n) is 9.87. The van der Waals surface area contributed by atoms with Crippen molar-refractivity contribution in [2.45, 2.75) is 37.9 Å². The second kappa shape index (κ2) is 21.0. The highest BCUT2D eigenvalue weighted by molar-refractivity contribution is 7.81. The van der Waals surface area contributed by atoms with Crippen LogP contribution in [0.4, 0.5) is 49.9 Å². The Labute approximate surface area is 363 Å². The van der Waals surface area contributed by atoms with E-state index < -0.39 is 52.0 Å². The van der Waals surface area contributed by atoms with Crippen LogP contribution in [0.3, 0.4) is 0 Å². The molecule has 0 saturated carbocycles. The van der Waals surface area contributed by atoms with Crippen LogP contribution in [-0.2, 0) is 45.9 Å². The number of hydrogen-bond donors (Lipinski definition) is 0. The number of benzene rings is 2. The summed E-state index contributed by atoms with van der Waals surface area (Å²) in [5.74, 6) is -3.20. The molecule has 3 amide bonds. The first-order valence-electron chi connectivity index (χ1n) is 19.3. The average Bonchev–Trinajstić information content (AvgIpc) is 4.12. The van der Waals surface area contributed by atoms with E-state index in [1.165, 1.54) is 44.8 Å². The van der Waals surface area contributed by atoms with Gasteiger partial charge in [0.05, 0.1) is 63.2 Å². The van der Waals surface area contributed by atoms with E-state index >= 15 is 0 Å². The second-order valence-corrected chi connectivity index (χ2v) is 15.5. The summed E-state index contributed by atoms with van der Waals surface area (Å²) in [5.41, 5.74) is 1.20. The smallest absolute Gasteiger partial charge is 0.414 e. The van der Waals surface area contributed by atoms with E-state index in [0.717, 1.165) is 54.9 Å². The minimum atomic E-state index is -3.66. The maximum absolute atomic E-state index is 14.7. The fourth-order valence-electron chi connectivity index (χ4n) is 6.54. The minimum Gasteiger partial charge on any atom is -0.444 e. The number of carbonyl (C=O) groups is 3. The molecular formula is C38H42F4N10O11S. The average molecular weight is 923 g/mol. The van der Waals surface area contributed by atoms with Crippen LogP contribution in [0.15, 0.2) is 68.2 Å². The van der Waals surface area contributed by atoms with Crippen LogP contribution < -0.4 is 19.6 Å². The molecule has 4 aliphatic rings. The number of nitrogens with zero attached hydrogens (tertiary/aromatic N) is 10. The van der Waals surface area contributed by atoms with Gasteiger partial charge < -0.3 is 28.3 Å². The molecular weight excluding hydrogens is 881 g/mol. The minimum absolute atomic E-state index is 0.0705. The van der Waals surface area contributed by atoms with Crippen molar-refractivity contribution in [3.8, 4) is 0 Å². The normalized spacial score (nSPS) is 18.4. The van der Waals surface area contributed by atoms with Gasteiger partial charge in [0.1, 0.15) is 48.8 Å². The maximum atomic E-state index is 14.7. The molecule has 26 heteroatoms. The number of rotatable bonds is 13. The largest absolute Gasteiger partial charge is 0.444 e. The molecule has 64 heavy (non-hydrogen) atoms. The molecule has 2 saturated heterocycles. The van der Waals surface area contributed by atoms with Gasteiger partial charge in [0.15, 0.2) is 23.3 Å². The molecule has 21 nitrogen and oxygen atoms in total. The van der Waals surface area contributed by atoms with Gasteiger partial charge in [-0.25, -0.2) is 32.2 Å². The molecule has 2 fully saturated rings. The predicted molar refractivity (Wildman–Crippen MR) is 218 cm³/mol. The number of aryl methyl sites for hydroxylation is 2. The summed E-state index contributed by atoms with van der Waals surface area (Å²) in [6.07, 6.45) is 6.10. The summed E-state index contributed by atoms with van der Waals surface area (Å²) in [6.45, 7) is 1.72. The van der Waals surface area contributed by atoms with E-state index in [4.69, 9.17) is 18.5 Å². The number of halogens is 4. The molecule has 2 aromatic carbocycles. The van der Waals surface area contributed by atoms with Gasteiger partial charge in [0, 0.05) is 56.5 Å². The third-order valence-corrected chi connectivity index (χ3v) is 10.7. The number of anilines is 4. The molecule has 6 heterocycles. The van der Waals surface area contributed by atoms with Crippen LogP contribution >= 0.6 is 0 Å². The van der Waals surface area contributed by atoms with Crippen molar-refractivity contribution in [2.75, 3.05) is 80.1 Å². The molecule has 0 unspecified atom stereocenters. The van der Waals surface area contributed by atoms with Gasteiger partial charge in [-0.2, -0.15) is 18.6 Å². The van der Waals surface area contributed by atoms with Crippen LogP contribution in [0.2, 0.25) is 0 Å². The van der Waals surface area contributed by atoms with E-state index in [2.05, 4.69) is 28.9 Å². The zero-order chi connectivity index (χ0) is 46.0. The highest BCUT2D eigenvalue weighted by Gasteiger charge is 2.35. The Bertz CT molecular complexity index is 2360. The quantitative estimate of drug-likeness (QED) is 0.135. The van der Waals surface area contributed by atoms with Crippen molar-refractivity contribution in [1.29, 1.82) is 0 Å². The monoisotopic (exact) mass is 922 g/mol. The molecule has 0 N–H and O–H groups in total. The highest BCUT2D eigenvalue weighted by atomic mass is 32.3. The van der Waals surface area contributed by atoms with E-state index in [1.54, 1.807) is 24.2 Å². The molecule has 2 atom stereocenters. The lowest BCUT2D eigenvalue weighted by atomic mass is 10.1. The number of ether oxygens (including phenoxy) is 2. The second-order valence-electron chi connectivity index (χ2n) is 14.0. The van der Waals surface area contributed by atoms with Crippen LogP contribution in [0.5, 0.6) is 0 Å². The predicted octanol–water partition coefficient (Wildman–Crippen LogP) is 4.26. The highest BCUT2D eigenvalue weighted by Crippen LogP contribution is 2.33. The Morgan fingerprint density at radius 1 is 0.703 bits per heavy atom. The molecule has 344 valence electrons. The first kappa shape index (κ1) is 46.7. The lowest BCUT2D eigenvalue weighted by Gasteiger charge is -2.28. The topological polar surface area (TPSA) is 218 Å². The van der Waals surface area contributed by atoms with Crippen LogP contribution in [0, 0.1) is 23.3 Å². The third kappa shape index (κ3) is 11.8. The molecule has 4 aliphatic heterocycles. The summed E-state index contributed by atoms with van der Waals surface area (Å²) in [4.78, 5) is 40.2. The fraction of sp³-hybridized carbons (Fsp3) is 0.395. The van der Waals surface area contributed by atoms with Gasteiger partial charge in [-0.1, -0.05) is 10.3 Å². The van der Waals surface area contributed by atoms with E-state index in [1.807, 2.05) is 0 Å². The fourth-order valence-corrected chi connectivity index (χ4v) is 6.68. The lowest BCUT2D eigenvalue weighted by Crippen LogP contribution is -2.38. The Morgan fingerprint density at radius 3 is 1.47 bits per heavy atom. The SMILES string of the molecule is CN1CCN(c2c(F)cc(N3C[C@H](CCc4ccon4)OC3=O)cc2F)C=N1.COS(=O)(=O)OC.O=CN1CCN(c2c(F)cc(N3C[C@H](CCc4ccon4)OC3=O)cc2F)C=N1. The van der Waals surface area contributed by atoms with E-state index in [0.29, 0.717) is 45.2 Å². The van der Waals surface area contributed by atoms with Gasteiger partial charge in [-0.05, 0) is 25.7 Å². The lowest BCUT2D eigenvalue weighted by molar-refractivity contribution is -0.118. The summed E-state index contributed by atoms with van der Waals surface area (Å²) >= 11 is 0. The van der Waals surface area contributed by atoms with Crippen molar-refractivity contribution in [3.05, 3.63) is 83.6 Å². The number of likely N-dealkylation sites (N-methyl/N-ethyl adjacent to an activating group) is 1. The molecule has 0 radical (unpaired) electrons. The van der Waals surface area contributed by atoms with Crippen molar-refractivity contribution >= 4 is 64.4 Å². The number of hydrogen-bond acceptors (Lipinski definition) is 18. The Hall–Kier alpha value is -6.80. The zero-order valence-corrected chi connectivity index (χ0v) is 35.3. The first-order valence-corrected chi connectivity index (χ1v) is 20.7. The number of aromatic nitrogens is 2. The summed E-state index contributed by atoms with van der Waals surface area (Å²) < 4.78 is 106. The van der Waals surface area contributed by atoms with Crippen LogP contribution in [-0.4, -0.2) is 133 Å². The molecule has 4 aromatic rings.